The van der Waals surface area contributed by atoms with Crippen LogP contribution in [0.25, 0.3) is 5.69 Å². The lowest BCUT2D eigenvalue weighted by Gasteiger charge is -2.03. The fourth-order valence-electron chi connectivity index (χ4n) is 1.61. The van der Waals surface area contributed by atoms with Crippen LogP contribution in [0.3, 0.4) is 0 Å². The molecule has 0 saturated carbocycles. The van der Waals surface area contributed by atoms with Crippen LogP contribution in [0.15, 0.2) is 22.0 Å². The van der Waals surface area contributed by atoms with Gasteiger partial charge < -0.3 is 4.74 Å². The molecule has 0 aliphatic rings. The minimum atomic E-state index is -0.591. The van der Waals surface area contributed by atoms with Crippen molar-refractivity contribution < 1.29 is 4.74 Å². The van der Waals surface area contributed by atoms with E-state index in [1.807, 2.05) is 0 Å². The Morgan fingerprint density at radius 1 is 1.47 bits per heavy atom. The zero-order valence-electron chi connectivity index (χ0n) is 10.5. The number of aromatic nitrogens is 4. The lowest BCUT2D eigenvalue weighted by Crippen LogP contribution is -2.35. The fourth-order valence-corrected chi connectivity index (χ4v) is 1.77. The van der Waals surface area contributed by atoms with Crippen molar-refractivity contribution in [3.63, 3.8) is 0 Å². The van der Waals surface area contributed by atoms with E-state index in [1.165, 1.54) is 6.20 Å². The summed E-state index contributed by atoms with van der Waals surface area (Å²) in [7, 11) is 1.59. The van der Waals surface area contributed by atoms with Crippen molar-refractivity contribution in [3.8, 4) is 5.69 Å². The Bertz CT molecular complexity index is 701. The van der Waals surface area contributed by atoms with E-state index in [0.29, 0.717) is 18.8 Å². The molecular weight excluding hydrogens is 272 g/mol. The molecule has 2 aromatic heterocycles. The first-order valence-corrected chi connectivity index (χ1v) is 5.95. The van der Waals surface area contributed by atoms with Gasteiger partial charge in [-0.1, -0.05) is 11.6 Å². The molecule has 1 N–H and O–H groups in total. The summed E-state index contributed by atoms with van der Waals surface area (Å²) in [6, 6.07) is 0. The largest absolute Gasteiger partial charge is 0.383 e. The highest BCUT2D eigenvalue weighted by atomic mass is 35.5. The van der Waals surface area contributed by atoms with Crippen LogP contribution >= 0.6 is 11.6 Å². The van der Waals surface area contributed by atoms with Crippen molar-refractivity contribution in [2.24, 2.45) is 0 Å². The van der Waals surface area contributed by atoms with Crippen LogP contribution in [0.2, 0.25) is 5.15 Å². The Hall–Kier alpha value is -1.86. The van der Waals surface area contributed by atoms with E-state index in [1.54, 1.807) is 24.9 Å². The van der Waals surface area contributed by atoms with Crippen LogP contribution in [0.5, 0.6) is 0 Å². The molecule has 7 nitrogen and oxygen atoms in total. The zero-order valence-corrected chi connectivity index (χ0v) is 11.3. The number of rotatable bonds is 4. The second-order valence-electron chi connectivity index (χ2n) is 3.96. The van der Waals surface area contributed by atoms with E-state index >= 15 is 0 Å². The molecule has 2 aromatic rings. The molecule has 0 spiro atoms. The minimum absolute atomic E-state index is 0.0537. The number of halogens is 1. The van der Waals surface area contributed by atoms with Gasteiger partial charge in [0.05, 0.1) is 30.6 Å². The third-order valence-electron chi connectivity index (χ3n) is 2.68. The maximum atomic E-state index is 12.0. The summed E-state index contributed by atoms with van der Waals surface area (Å²) >= 11 is 5.75. The molecule has 0 aromatic carbocycles. The van der Waals surface area contributed by atoms with Crippen molar-refractivity contribution >= 4 is 11.6 Å². The lowest BCUT2D eigenvalue weighted by atomic mass is 10.4. The molecule has 0 aliphatic carbocycles. The quantitative estimate of drug-likeness (QED) is 0.820. The number of hydrogen-bond donors (Lipinski definition) is 1. The Balaban J connectivity index is 2.48. The van der Waals surface area contributed by atoms with Crippen molar-refractivity contribution in [2.45, 2.75) is 13.5 Å². The van der Waals surface area contributed by atoms with Gasteiger partial charge in [-0.3, -0.25) is 14.5 Å². The van der Waals surface area contributed by atoms with E-state index in [2.05, 4.69) is 10.1 Å². The van der Waals surface area contributed by atoms with Crippen LogP contribution in [0, 0.1) is 6.92 Å². The van der Waals surface area contributed by atoms with Crippen molar-refractivity contribution in [3.05, 3.63) is 43.9 Å². The van der Waals surface area contributed by atoms with Crippen LogP contribution < -0.4 is 11.2 Å². The van der Waals surface area contributed by atoms with Gasteiger partial charge in [0.15, 0.2) is 0 Å². The third-order valence-corrected chi connectivity index (χ3v) is 3.05. The molecule has 0 fully saturated rings. The zero-order chi connectivity index (χ0) is 14.0. The molecule has 0 unspecified atom stereocenters. The molecule has 0 aliphatic heterocycles. The van der Waals surface area contributed by atoms with Gasteiger partial charge in [0.25, 0.3) is 5.56 Å². The number of aromatic amines is 1. The SMILES string of the molecule is COCCn1cc(-n2c(=O)[nH]c(Cl)c(C)c2=O)cn1. The van der Waals surface area contributed by atoms with E-state index in [0.717, 1.165) is 4.57 Å². The van der Waals surface area contributed by atoms with Gasteiger partial charge in [-0.15, -0.1) is 0 Å². The van der Waals surface area contributed by atoms with E-state index in [-0.39, 0.29) is 10.7 Å². The average molecular weight is 285 g/mol. The molecule has 2 heterocycles. The summed E-state index contributed by atoms with van der Waals surface area (Å²) in [5.41, 5.74) is -0.375. The summed E-state index contributed by atoms with van der Waals surface area (Å²) in [5.74, 6) is 0. The summed E-state index contributed by atoms with van der Waals surface area (Å²) < 4.78 is 7.52. The highest BCUT2D eigenvalue weighted by Gasteiger charge is 2.12. The van der Waals surface area contributed by atoms with Crippen molar-refractivity contribution in [2.75, 3.05) is 13.7 Å². The van der Waals surface area contributed by atoms with Gasteiger partial charge in [-0.05, 0) is 6.92 Å². The topological polar surface area (TPSA) is 81.9 Å². The molecule has 0 amide bonds. The monoisotopic (exact) mass is 284 g/mol. The van der Waals surface area contributed by atoms with Crippen LogP contribution in [-0.2, 0) is 11.3 Å². The summed E-state index contributed by atoms with van der Waals surface area (Å²) in [5, 5.41) is 4.11. The van der Waals surface area contributed by atoms with Gasteiger partial charge in [-0.2, -0.15) is 5.10 Å². The van der Waals surface area contributed by atoms with Gasteiger partial charge in [0.1, 0.15) is 5.15 Å². The maximum Gasteiger partial charge on any atom is 0.334 e. The maximum absolute atomic E-state index is 12.0. The average Bonchev–Trinajstić information content (AvgIpc) is 2.82. The normalized spacial score (nSPS) is 10.9. The first-order chi connectivity index (χ1) is 9.04. The third kappa shape index (κ3) is 2.61. The predicted octanol–water partition coefficient (Wildman–Crippen LogP) is 0.331. The number of H-pyrrole nitrogens is 1. The van der Waals surface area contributed by atoms with Gasteiger partial charge in [0.2, 0.25) is 0 Å². The molecule has 0 atom stereocenters. The minimum Gasteiger partial charge on any atom is -0.383 e. The number of methoxy groups -OCH3 is 1. The number of nitrogens with one attached hydrogen (secondary N) is 1. The first kappa shape index (κ1) is 13.6. The highest BCUT2D eigenvalue weighted by molar-refractivity contribution is 6.30. The number of ether oxygens (including phenoxy) is 1. The Labute approximate surface area is 113 Å². The van der Waals surface area contributed by atoms with Gasteiger partial charge in [0, 0.05) is 13.3 Å². The predicted molar refractivity (Wildman–Crippen MR) is 70.1 cm³/mol. The first-order valence-electron chi connectivity index (χ1n) is 5.57. The Kier molecular flexibility index (Phi) is 3.87. The van der Waals surface area contributed by atoms with Crippen LogP contribution in [0.1, 0.15) is 5.56 Å². The second kappa shape index (κ2) is 5.41. The van der Waals surface area contributed by atoms with Crippen LogP contribution in [0.4, 0.5) is 0 Å². The molecule has 19 heavy (non-hydrogen) atoms. The van der Waals surface area contributed by atoms with E-state index in [4.69, 9.17) is 16.3 Å². The summed E-state index contributed by atoms with van der Waals surface area (Å²) in [6.07, 6.45) is 3.04. The number of hydrogen-bond acceptors (Lipinski definition) is 4. The molecule has 8 heteroatoms. The smallest absolute Gasteiger partial charge is 0.334 e. The van der Waals surface area contributed by atoms with Crippen molar-refractivity contribution in [1.29, 1.82) is 0 Å². The Morgan fingerprint density at radius 2 is 2.21 bits per heavy atom. The molecule has 102 valence electrons. The second-order valence-corrected chi connectivity index (χ2v) is 4.34. The molecule has 2 rings (SSSR count). The molecule has 0 bridgehead atoms. The van der Waals surface area contributed by atoms with Gasteiger partial charge in [-0.25, -0.2) is 9.36 Å². The molecular formula is C11H13ClN4O3. The fraction of sp³-hybridized carbons (Fsp3) is 0.364. The summed E-state index contributed by atoms with van der Waals surface area (Å²) in [6.45, 7) is 2.58. The van der Waals surface area contributed by atoms with Crippen molar-refractivity contribution in [1.82, 2.24) is 19.3 Å². The molecule has 0 saturated heterocycles. The standard InChI is InChI=1S/C11H13ClN4O3/c1-7-9(12)14-11(18)16(10(7)17)8-5-13-15(6-8)3-4-19-2/h5-6H,3-4H2,1-2H3,(H,14,18). The summed E-state index contributed by atoms with van der Waals surface area (Å²) in [4.78, 5) is 26.2. The molecule has 0 radical (unpaired) electrons. The van der Waals surface area contributed by atoms with Crippen LogP contribution in [-0.4, -0.2) is 33.0 Å². The van der Waals surface area contributed by atoms with E-state index in [9.17, 15) is 9.59 Å². The Morgan fingerprint density at radius 3 is 2.89 bits per heavy atom. The highest BCUT2D eigenvalue weighted by Crippen LogP contribution is 2.06. The van der Waals surface area contributed by atoms with E-state index < -0.39 is 11.2 Å². The lowest BCUT2D eigenvalue weighted by molar-refractivity contribution is 0.183. The van der Waals surface area contributed by atoms with Gasteiger partial charge >= 0.3 is 5.69 Å². The number of nitrogens with zero attached hydrogens (tertiary/aromatic N) is 3.